The number of aromatic hydroxyl groups is 1. The zero-order chi connectivity index (χ0) is 23.3. The zero-order valence-corrected chi connectivity index (χ0v) is 19.9. The molecule has 1 aromatic rings. The fraction of sp³-hybridized carbons (Fsp3) is 0.464. The van der Waals surface area contributed by atoms with Gasteiger partial charge in [-0.05, 0) is 62.6 Å². The van der Waals surface area contributed by atoms with E-state index in [1.165, 1.54) is 32.8 Å². The summed E-state index contributed by atoms with van der Waals surface area (Å²) >= 11 is 0. The molecule has 1 aromatic carbocycles. The molecule has 4 nitrogen and oxygen atoms in total. The molecular weight excluding hydrogens is 398 g/mol. The fourth-order valence-electron chi connectivity index (χ4n) is 3.06. The van der Waals surface area contributed by atoms with E-state index in [2.05, 4.69) is 60.8 Å². The molecule has 0 saturated heterocycles. The molecule has 176 valence electrons. The Hall–Kier alpha value is -2.75. The van der Waals surface area contributed by atoms with E-state index in [1.54, 1.807) is 18.2 Å². The largest absolute Gasteiger partial charge is 0.504 e. The number of phenolic OH excluding ortho intramolecular Hbond substituents is 1. The number of methoxy groups -OCH3 is 1. The minimum absolute atomic E-state index is 0.0351. The molecule has 1 amide bonds. The maximum absolute atomic E-state index is 12.0. The fourth-order valence-corrected chi connectivity index (χ4v) is 3.06. The molecule has 4 heteroatoms. The van der Waals surface area contributed by atoms with Gasteiger partial charge < -0.3 is 15.2 Å². The number of allylic oxidation sites excluding steroid dienone is 8. The maximum Gasteiger partial charge on any atom is 0.220 e. The molecule has 0 bridgehead atoms. The predicted molar refractivity (Wildman–Crippen MR) is 135 cm³/mol. The SMILES string of the molecule is CCCCCC=CCC=CCC=CCC=CCCCC(=O)NCc1ccc(O)c(OC)c1. The van der Waals surface area contributed by atoms with Crippen LogP contribution in [0.3, 0.4) is 0 Å². The summed E-state index contributed by atoms with van der Waals surface area (Å²) in [5.74, 6) is 0.548. The number of benzene rings is 1. The number of nitrogens with one attached hydrogen (secondary N) is 1. The molecule has 32 heavy (non-hydrogen) atoms. The van der Waals surface area contributed by atoms with Gasteiger partial charge in [0, 0.05) is 13.0 Å². The van der Waals surface area contributed by atoms with Gasteiger partial charge in [0.25, 0.3) is 0 Å². The van der Waals surface area contributed by atoms with E-state index in [4.69, 9.17) is 4.74 Å². The molecule has 0 aliphatic rings. The van der Waals surface area contributed by atoms with Crippen molar-refractivity contribution in [3.05, 3.63) is 72.4 Å². The molecule has 2 N–H and O–H groups in total. The Morgan fingerprint density at radius 2 is 1.50 bits per heavy atom. The van der Waals surface area contributed by atoms with Gasteiger partial charge in [-0.3, -0.25) is 4.79 Å². The van der Waals surface area contributed by atoms with Crippen LogP contribution in [0, 0.1) is 0 Å². The first kappa shape index (κ1) is 27.3. The maximum atomic E-state index is 12.0. The van der Waals surface area contributed by atoms with Crippen molar-refractivity contribution in [2.24, 2.45) is 0 Å². The first-order valence-electron chi connectivity index (χ1n) is 11.9. The molecule has 0 aromatic heterocycles. The van der Waals surface area contributed by atoms with E-state index < -0.39 is 0 Å². The normalized spacial score (nSPS) is 11.9. The van der Waals surface area contributed by atoms with Crippen molar-refractivity contribution in [2.45, 2.75) is 77.7 Å². The summed E-state index contributed by atoms with van der Waals surface area (Å²) in [6, 6.07) is 5.08. The number of ether oxygens (including phenoxy) is 1. The summed E-state index contributed by atoms with van der Waals surface area (Å²) in [6.45, 7) is 2.66. The average Bonchev–Trinajstić information content (AvgIpc) is 2.80. The number of hydrogen-bond acceptors (Lipinski definition) is 3. The summed E-state index contributed by atoms with van der Waals surface area (Å²) < 4.78 is 5.08. The van der Waals surface area contributed by atoms with Crippen LogP contribution < -0.4 is 10.1 Å². The molecular formula is C28H41NO3. The lowest BCUT2D eigenvalue weighted by molar-refractivity contribution is -0.121. The number of carbonyl (C=O) groups excluding carboxylic acids is 1. The lowest BCUT2D eigenvalue weighted by atomic mass is 10.2. The van der Waals surface area contributed by atoms with Gasteiger partial charge in [0.05, 0.1) is 7.11 Å². The summed E-state index contributed by atoms with van der Waals surface area (Å²) in [4.78, 5) is 12.0. The minimum atomic E-state index is 0.0351. The Bertz CT molecular complexity index is 747. The Labute approximate surface area is 194 Å². The van der Waals surface area contributed by atoms with Gasteiger partial charge in [0.2, 0.25) is 5.91 Å². The van der Waals surface area contributed by atoms with Gasteiger partial charge in [0.15, 0.2) is 11.5 Å². The van der Waals surface area contributed by atoms with Crippen LogP contribution in [0.2, 0.25) is 0 Å². The monoisotopic (exact) mass is 439 g/mol. The lowest BCUT2D eigenvalue weighted by Crippen LogP contribution is -2.22. The van der Waals surface area contributed by atoms with Crippen molar-refractivity contribution in [1.82, 2.24) is 5.32 Å². The van der Waals surface area contributed by atoms with Crippen molar-refractivity contribution in [3.8, 4) is 11.5 Å². The third kappa shape index (κ3) is 14.3. The van der Waals surface area contributed by atoms with Crippen LogP contribution in [0.25, 0.3) is 0 Å². The van der Waals surface area contributed by atoms with Crippen molar-refractivity contribution < 1.29 is 14.6 Å². The van der Waals surface area contributed by atoms with E-state index in [9.17, 15) is 9.90 Å². The highest BCUT2D eigenvalue weighted by Crippen LogP contribution is 2.26. The van der Waals surface area contributed by atoms with Crippen LogP contribution >= 0.6 is 0 Å². The highest BCUT2D eigenvalue weighted by atomic mass is 16.5. The molecule has 0 fully saturated rings. The van der Waals surface area contributed by atoms with Gasteiger partial charge in [-0.15, -0.1) is 0 Å². The number of unbranched alkanes of at least 4 members (excludes halogenated alkanes) is 4. The van der Waals surface area contributed by atoms with Gasteiger partial charge in [-0.1, -0.05) is 74.4 Å². The quantitative estimate of drug-likeness (QED) is 0.200. The van der Waals surface area contributed by atoms with E-state index in [0.717, 1.165) is 37.7 Å². The highest BCUT2D eigenvalue weighted by Gasteiger charge is 2.04. The standard InChI is InChI=1S/C28H41NO3/c1-3-4-5-6-7-8-9-10-11-12-13-14-15-16-17-18-19-20-28(31)29-24-25-21-22-26(30)27(23-25)32-2/h7-8,10-11,13-14,16-17,21-23,30H,3-6,9,12,15,18-20,24H2,1-2H3,(H,29,31). The summed E-state index contributed by atoms with van der Waals surface area (Å²) in [5, 5.41) is 12.5. The van der Waals surface area contributed by atoms with E-state index >= 15 is 0 Å². The first-order chi connectivity index (χ1) is 15.7. The van der Waals surface area contributed by atoms with Crippen LogP contribution in [-0.2, 0) is 11.3 Å². The summed E-state index contributed by atoms with van der Waals surface area (Å²) in [6.07, 6.45) is 27.9. The Balaban J connectivity index is 2.03. The predicted octanol–water partition coefficient (Wildman–Crippen LogP) is 7.16. The number of hydrogen-bond donors (Lipinski definition) is 2. The molecule has 0 saturated carbocycles. The molecule has 0 atom stereocenters. The van der Waals surface area contributed by atoms with Crippen LogP contribution in [0.15, 0.2) is 66.8 Å². The second-order valence-corrected chi connectivity index (χ2v) is 7.76. The van der Waals surface area contributed by atoms with E-state index in [-0.39, 0.29) is 11.7 Å². The Kier molecular flexibility index (Phi) is 16.2. The Morgan fingerprint density at radius 1 is 0.906 bits per heavy atom. The average molecular weight is 440 g/mol. The minimum Gasteiger partial charge on any atom is -0.504 e. The molecule has 0 aliphatic carbocycles. The molecule has 1 rings (SSSR count). The summed E-state index contributed by atoms with van der Waals surface area (Å²) in [5.41, 5.74) is 0.897. The molecule has 0 spiro atoms. The van der Waals surface area contributed by atoms with Gasteiger partial charge >= 0.3 is 0 Å². The van der Waals surface area contributed by atoms with Gasteiger partial charge in [-0.25, -0.2) is 0 Å². The second-order valence-electron chi connectivity index (χ2n) is 7.76. The van der Waals surface area contributed by atoms with Crippen molar-refractivity contribution in [3.63, 3.8) is 0 Å². The number of carbonyl (C=O) groups is 1. The van der Waals surface area contributed by atoms with Crippen LogP contribution in [-0.4, -0.2) is 18.1 Å². The van der Waals surface area contributed by atoms with Crippen LogP contribution in [0.1, 0.15) is 76.7 Å². The van der Waals surface area contributed by atoms with E-state index in [1.807, 2.05) is 0 Å². The molecule has 0 unspecified atom stereocenters. The topological polar surface area (TPSA) is 58.6 Å². The molecule has 0 radical (unpaired) electrons. The van der Waals surface area contributed by atoms with Crippen LogP contribution in [0.5, 0.6) is 11.5 Å². The van der Waals surface area contributed by atoms with E-state index in [0.29, 0.717) is 18.7 Å². The van der Waals surface area contributed by atoms with Crippen molar-refractivity contribution >= 4 is 5.91 Å². The zero-order valence-electron chi connectivity index (χ0n) is 19.9. The van der Waals surface area contributed by atoms with Gasteiger partial charge in [-0.2, -0.15) is 0 Å². The van der Waals surface area contributed by atoms with Crippen molar-refractivity contribution in [1.29, 1.82) is 0 Å². The lowest BCUT2D eigenvalue weighted by Gasteiger charge is -2.08. The number of amides is 1. The number of phenols is 1. The molecule has 0 aliphatic heterocycles. The third-order valence-electron chi connectivity index (χ3n) is 4.97. The third-order valence-corrected chi connectivity index (χ3v) is 4.97. The highest BCUT2D eigenvalue weighted by molar-refractivity contribution is 5.75. The molecule has 0 heterocycles. The van der Waals surface area contributed by atoms with Crippen LogP contribution in [0.4, 0.5) is 0 Å². The second kappa shape index (κ2) is 19.0. The summed E-state index contributed by atoms with van der Waals surface area (Å²) in [7, 11) is 1.51. The smallest absolute Gasteiger partial charge is 0.220 e. The number of rotatable bonds is 17. The van der Waals surface area contributed by atoms with Gasteiger partial charge in [0.1, 0.15) is 0 Å². The Morgan fingerprint density at radius 3 is 2.09 bits per heavy atom. The first-order valence-corrected chi connectivity index (χ1v) is 11.9. The van der Waals surface area contributed by atoms with Crippen molar-refractivity contribution in [2.75, 3.05) is 7.11 Å².